The van der Waals surface area contributed by atoms with Crippen LogP contribution in [-0.4, -0.2) is 32.3 Å². The van der Waals surface area contributed by atoms with Gasteiger partial charge in [0.2, 0.25) is 0 Å². The summed E-state index contributed by atoms with van der Waals surface area (Å²) in [7, 11) is 0. The summed E-state index contributed by atoms with van der Waals surface area (Å²) in [6, 6.07) is 19.0. The molecule has 1 saturated heterocycles. The third kappa shape index (κ3) is 4.19. The molecule has 1 unspecified atom stereocenters. The fraction of sp³-hybridized carbons (Fsp3) is 0.192. The van der Waals surface area contributed by atoms with Crippen LogP contribution in [0.2, 0.25) is 0 Å². The number of benzene rings is 2. The van der Waals surface area contributed by atoms with Gasteiger partial charge in [0.25, 0.3) is 0 Å². The van der Waals surface area contributed by atoms with E-state index >= 15 is 0 Å². The number of hydrogen-bond acceptors (Lipinski definition) is 6. The topological polar surface area (TPSA) is 67.7 Å². The summed E-state index contributed by atoms with van der Waals surface area (Å²) in [5, 5.41) is 13.6. The Hall–Kier alpha value is -3.73. The molecule has 2 aromatic carbocycles. The van der Waals surface area contributed by atoms with Crippen LogP contribution in [0.4, 0.5) is 11.5 Å². The van der Waals surface area contributed by atoms with Crippen LogP contribution in [0.15, 0.2) is 67.1 Å². The first-order chi connectivity index (χ1) is 16.3. The summed E-state index contributed by atoms with van der Waals surface area (Å²) in [4.78, 5) is 10.9. The molecule has 0 radical (unpaired) electrons. The molecule has 1 aliphatic rings. The molecule has 0 amide bonds. The van der Waals surface area contributed by atoms with E-state index in [1.807, 2.05) is 16.9 Å². The van der Waals surface area contributed by atoms with Crippen molar-refractivity contribution in [2.45, 2.75) is 25.4 Å². The molecule has 1 aliphatic heterocycles. The highest BCUT2D eigenvalue weighted by molar-refractivity contribution is 7.19. The lowest BCUT2D eigenvalue weighted by atomic mass is 10.2. The summed E-state index contributed by atoms with van der Waals surface area (Å²) in [6.45, 7) is 1.81. The highest BCUT2D eigenvalue weighted by atomic mass is 32.1. The standard InChI is InChI=1S/C26H22N6S/c1-2-5-18(6-3-1)16-32-24-11-9-21(13-19(24)15-30-32)31-25-23-14-22(33-26(23)29-17-28-25)10-8-20-7-4-12-27-20/h1-3,5-6,9,11,13-15,17,20,27H,4,7,12,16H2,(H,28,29,31). The molecule has 6 nitrogen and oxygen atoms in total. The van der Waals surface area contributed by atoms with E-state index in [-0.39, 0.29) is 0 Å². The molecule has 33 heavy (non-hydrogen) atoms. The number of anilines is 2. The van der Waals surface area contributed by atoms with Crippen molar-refractivity contribution in [1.29, 1.82) is 0 Å². The van der Waals surface area contributed by atoms with E-state index < -0.39 is 0 Å². The van der Waals surface area contributed by atoms with Crippen LogP contribution >= 0.6 is 11.3 Å². The van der Waals surface area contributed by atoms with Crippen molar-refractivity contribution in [1.82, 2.24) is 25.1 Å². The molecule has 4 heterocycles. The van der Waals surface area contributed by atoms with Crippen molar-refractivity contribution in [2.24, 2.45) is 0 Å². The van der Waals surface area contributed by atoms with Crippen molar-refractivity contribution in [3.05, 3.63) is 77.6 Å². The minimum Gasteiger partial charge on any atom is -0.340 e. The second-order valence-electron chi connectivity index (χ2n) is 8.16. The summed E-state index contributed by atoms with van der Waals surface area (Å²) in [5.74, 6) is 7.44. The summed E-state index contributed by atoms with van der Waals surface area (Å²) in [5.41, 5.74) is 3.30. The Balaban J connectivity index is 1.26. The predicted octanol–water partition coefficient (Wildman–Crippen LogP) is 4.94. The summed E-state index contributed by atoms with van der Waals surface area (Å²) >= 11 is 1.61. The van der Waals surface area contributed by atoms with E-state index in [9.17, 15) is 0 Å². The molecule has 0 bridgehead atoms. The van der Waals surface area contributed by atoms with Gasteiger partial charge >= 0.3 is 0 Å². The highest BCUT2D eigenvalue weighted by Gasteiger charge is 2.12. The normalized spacial score (nSPS) is 15.6. The first kappa shape index (κ1) is 19.9. The monoisotopic (exact) mass is 450 g/mol. The van der Waals surface area contributed by atoms with E-state index in [0.29, 0.717) is 6.04 Å². The Morgan fingerprint density at radius 1 is 1.12 bits per heavy atom. The second-order valence-corrected chi connectivity index (χ2v) is 9.19. The van der Waals surface area contributed by atoms with Crippen molar-refractivity contribution >= 4 is 44.0 Å². The minimum atomic E-state index is 0.299. The number of nitrogens with one attached hydrogen (secondary N) is 2. The zero-order chi connectivity index (χ0) is 22.0. The molecule has 3 aromatic heterocycles. The lowest BCUT2D eigenvalue weighted by Gasteiger charge is -2.08. The zero-order valence-electron chi connectivity index (χ0n) is 18.0. The molecule has 0 spiro atoms. The molecule has 6 rings (SSSR count). The van der Waals surface area contributed by atoms with E-state index in [0.717, 1.165) is 57.0 Å². The SMILES string of the molecule is C(#CC1CCCN1)c1cc2c(Nc3ccc4c(cnn4Cc4ccccc4)c3)ncnc2s1. The van der Waals surface area contributed by atoms with Crippen LogP contribution in [0.5, 0.6) is 0 Å². The van der Waals surface area contributed by atoms with E-state index in [2.05, 4.69) is 86.1 Å². The number of fused-ring (bicyclic) bond motifs is 2. The molecule has 1 fully saturated rings. The second kappa shape index (κ2) is 8.66. The Kier molecular flexibility index (Phi) is 5.23. The van der Waals surface area contributed by atoms with Gasteiger partial charge in [0.15, 0.2) is 0 Å². The van der Waals surface area contributed by atoms with Crippen molar-refractivity contribution in [2.75, 3.05) is 11.9 Å². The summed E-state index contributed by atoms with van der Waals surface area (Å²) in [6.07, 6.45) is 5.83. The number of nitrogens with zero attached hydrogens (tertiary/aromatic N) is 4. The Labute approximate surface area is 195 Å². The number of rotatable bonds is 4. The summed E-state index contributed by atoms with van der Waals surface area (Å²) < 4.78 is 2.03. The van der Waals surface area contributed by atoms with E-state index in [1.54, 1.807) is 17.7 Å². The zero-order valence-corrected chi connectivity index (χ0v) is 18.8. The molecule has 0 saturated carbocycles. The van der Waals surface area contributed by atoms with Crippen LogP contribution < -0.4 is 10.6 Å². The lowest BCUT2D eigenvalue weighted by Crippen LogP contribution is -2.18. The van der Waals surface area contributed by atoms with Crippen molar-refractivity contribution in [3.8, 4) is 11.8 Å². The third-order valence-corrected chi connectivity index (χ3v) is 6.80. The van der Waals surface area contributed by atoms with Crippen LogP contribution in [0, 0.1) is 11.8 Å². The Morgan fingerprint density at radius 3 is 2.94 bits per heavy atom. The molecule has 162 valence electrons. The Bertz CT molecular complexity index is 1490. The van der Waals surface area contributed by atoms with Gasteiger partial charge in [-0.2, -0.15) is 5.10 Å². The predicted molar refractivity (Wildman–Crippen MR) is 134 cm³/mol. The maximum atomic E-state index is 4.59. The first-order valence-electron chi connectivity index (χ1n) is 11.1. The van der Waals surface area contributed by atoms with Crippen LogP contribution in [-0.2, 0) is 6.54 Å². The van der Waals surface area contributed by atoms with Crippen LogP contribution in [0.3, 0.4) is 0 Å². The lowest BCUT2D eigenvalue weighted by molar-refractivity contribution is 0.712. The van der Waals surface area contributed by atoms with Gasteiger partial charge < -0.3 is 10.6 Å². The molecular formula is C26H22N6S. The quantitative estimate of drug-likeness (QED) is 0.380. The van der Waals surface area contributed by atoms with Gasteiger partial charge in [0.05, 0.1) is 34.6 Å². The average molecular weight is 451 g/mol. The van der Waals surface area contributed by atoms with Crippen molar-refractivity contribution < 1.29 is 0 Å². The molecule has 0 aliphatic carbocycles. The number of hydrogen-bond donors (Lipinski definition) is 2. The largest absolute Gasteiger partial charge is 0.340 e. The third-order valence-electron chi connectivity index (χ3n) is 5.84. The number of aromatic nitrogens is 4. The molecule has 7 heteroatoms. The van der Waals surface area contributed by atoms with Crippen LogP contribution in [0.25, 0.3) is 21.1 Å². The fourth-order valence-corrected chi connectivity index (χ4v) is 5.03. The van der Waals surface area contributed by atoms with E-state index in [4.69, 9.17) is 0 Å². The molecule has 2 N–H and O–H groups in total. The van der Waals surface area contributed by atoms with Crippen molar-refractivity contribution in [3.63, 3.8) is 0 Å². The smallest absolute Gasteiger partial charge is 0.142 e. The highest BCUT2D eigenvalue weighted by Crippen LogP contribution is 2.30. The molecule has 5 aromatic rings. The van der Waals surface area contributed by atoms with Gasteiger partial charge in [-0.3, -0.25) is 4.68 Å². The Morgan fingerprint density at radius 2 is 2.06 bits per heavy atom. The van der Waals surface area contributed by atoms with Gasteiger partial charge in [-0.05, 0) is 49.2 Å². The molecule has 1 atom stereocenters. The number of thiophene rings is 1. The first-order valence-corrected chi connectivity index (χ1v) is 11.9. The minimum absolute atomic E-state index is 0.299. The van der Waals surface area contributed by atoms with Gasteiger partial charge in [0, 0.05) is 11.1 Å². The maximum absolute atomic E-state index is 4.59. The van der Waals surface area contributed by atoms with Gasteiger partial charge in [-0.25, -0.2) is 9.97 Å². The average Bonchev–Trinajstić information content (AvgIpc) is 3.59. The van der Waals surface area contributed by atoms with Gasteiger partial charge in [-0.15, -0.1) is 11.3 Å². The fourth-order valence-electron chi connectivity index (χ4n) is 4.17. The van der Waals surface area contributed by atoms with Crippen LogP contribution in [0.1, 0.15) is 23.3 Å². The maximum Gasteiger partial charge on any atom is 0.142 e. The van der Waals surface area contributed by atoms with Gasteiger partial charge in [0.1, 0.15) is 17.0 Å². The molecular weight excluding hydrogens is 428 g/mol. The van der Waals surface area contributed by atoms with E-state index in [1.165, 1.54) is 12.0 Å². The van der Waals surface area contributed by atoms with Gasteiger partial charge in [-0.1, -0.05) is 42.2 Å².